The van der Waals surface area contributed by atoms with Crippen LogP contribution in [0.15, 0.2) is 0 Å². The van der Waals surface area contributed by atoms with Gasteiger partial charge in [-0.05, 0) is 19.3 Å². The molecule has 1 unspecified atom stereocenters. The van der Waals surface area contributed by atoms with Crippen LogP contribution in [0.1, 0.15) is 25.7 Å². The highest BCUT2D eigenvalue weighted by molar-refractivity contribution is 5.84. The maximum Gasteiger partial charge on any atom is 0.334 e. The van der Waals surface area contributed by atoms with Gasteiger partial charge in [-0.3, -0.25) is 4.79 Å². The summed E-state index contributed by atoms with van der Waals surface area (Å²) in [6.45, 7) is 1.50. The van der Waals surface area contributed by atoms with E-state index >= 15 is 0 Å². The number of rotatable bonds is 5. The Kier molecular flexibility index (Phi) is 4.42. The third-order valence-electron chi connectivity index (χ3n) is 4.18. The first-order valence-electron chi connectivity index (χ1n) is 6.72. The van der Waals surface area contributed by atoms with Gasteiger partial charge in [0.05, 0.1) is 18.6 Å². The number of aliphatic carboxylic acids is 1. The number of morpholine rings is 1. The molecule has 0 aromatic heterocycles. The number of methoxy groups -OCH3 is 1. The van der Waals surface area contributed by atoms with E-state index in [1.165, 1.54) is 0 Å². The Hall–Kier alpha value is -1.14. The van der Waals surface area contributed by atoms with E-state index in [2.05, 4.69) is 0 Å². The number of carboxylic acids is 1. The van der Waals surface area contributed by atoms with Crippen LogP contribution in [0.4, 0.5) is 0 Å². The van der Waals surface area contributed by atoms with Gasteiger partial charge in [0.15, 0.2) is 6.10 Å². The van der Waals surface area contributed by atoms with Gasteiger partial charge in [-0.2, -0.15) is 0 Å². The van der Waals surface area contributed by atoms with Crippen molar-refractivity contribution in [3.05, 3.63) is 0 Å². The lowest BCUT2D eigenvalue weighted by atomic mass is 9.65. The first-order valence-corrected chi connectivity index (χ1v) is 6.72. The number of nitrogens with zero attached hydrogens (tertiary/aromatic N) is 1. The van der Waals surface area contributed by atoms with Gasteiger partial charge < -0.3 is 19.5 Å². The molecule has 2 rings (SSSR count). The smallest absolute Gasteiger partial charge is 0.334 e. The molecule has 0 radical (unpaired) electrons. The Morgan fingerprint density at radius 1 is 1.47 bits per heavy atom. The highest BCUT2D eigenvalue weighted by atomic mass is 16.5. The van der Waals surface area contributed by atoms with Crippen LogP contribution >= 0.6 is 0 Å². The SMILES string of the molecule is COCCC1(C(=O)N2CCOC(C(=O)O)C2)CCC1. The molecule has 0 aromatic rings. The Morgan fingerprint density at radius 2 is 2.21 bits per heavy atom. The number of carbonyl (C=O) groups excluding carboxylic acids is 1. The van der Waals surface area contributed by atoms with Gasteiger partial charge in [0.1, 0.15) is 0 Å². The van der Waals surface area contributed by atoms with Crippen LogP contribution < -0.4 is 0 Å². The number of carbonyl (C=O) groups is 2. The third-order valence-corrected chi connectivity index (χ3v) is 4.18. The summed E-state index contributed by atoms with van der Waals surface area (Å²) in [6, 6.07) is 0. The standard InChI is InChI=1S/C13H21NO5/c1-18-7-5-13(3-2-4-13)12(17)14-6-8-19-10(9-14)11(15)16/h10H,2-9H2,1H3,(H,15,16). The van der Waals surface area contributed by atoms with Crippen molar-refractivity contribution in [2.24, 2.45) is 5.41 Å². The number of ether oxygens (including phenoxy) is 2. The van der Waals surface area contributed by atoms with Crippen molar-refractivity contribution in [2.75, 3.05) is 33.4 Å². The fourth-order valence-corrected chi connectivity index (χ4v) is 2.79. The topological polar surface area (TPSA) is 76.1 Å². The van der Waals surface area contributed by atoms with E-state index in [4.69, 9.17) is 14.6 Å². The number of hydrogen-bond acceptors (Lipinski definition) is 4. The van der Waals surface area contributed by atoms with Gasteiger partial charge in [0.2, 0.25) is 5.91 Å². The zero-order valence-corrected chi connectivity index (χ0v) is 11.3. The molecular weight excluding hydrogens is 250 g/mol. The van der Waals surface area contributed by atoms with Gasteiger partial charge in [0.25, 0.3) is 0 Å². The van der Waals surface area contributed by atoms with Crippen molar-refractivity contribution < 1.29 is 24.2 Å². The molecule has 0 aromatic carbocycles. The van der Waals surface area contributed by atoms with Crippen LogP contribution in [-0.2, 0) is 19.1 Å². The Morgan fingerprint density at radius 3 is 2.74 bits per heavy atom. The zero-order chi connectivity index (χ0) is 13.9. The quantitative estimate of drug-likeness (QED) is 0.788. The Labute approximate surface area is 112 Å². The van der Waals surface area contributed by atoms with Crippen molar-refractivity contribution in [1.82, 2.24) is 4.90 Å². The van der Waals surface area contributed by atoms with Crippen molar-refractivity contribution >= 4 is 11.9 Å². The average Bonchev–Trinajstić information content (AvgIpc) is 2.37. The summed E-state index contributed by atoms with van der Waals surface area (Å²) in [5, 5.41) is 8.97. The van der Waals surface area contributed by atoms with Crippen molar-refractivity contribution in [1.29, 1.82) is 0 Å². The van der Waals surface area contributed by atoms with Gasteiger partial charge >= 0.3 is 5.97 Å². The Balaban J connectivity index is 1.99. The lowest BCUT2D eigenvalue weighted by Crippen LogP contribution is -2.55. The lowest BCUT2D eigenvalue weighted by molar-refractivity contribution is -0.166. The fraction of sp³-hybridized carbons (Fsp3) is 0.846. The zero-order valence-electron chi connectivity index (χ0n) is 11.3. The fourth-order valence-electron chi connectivity index (χ4n) is 2.79. The van der Waals surface area contributed by atoms with E-state index in [1.807, 2.05) is 0 Å². The predicted molar refractivity (Wildman–Crippen MR) is 66.7 cm³/mol. The van der Waals surface area contributed by atoms with Gasteiger partial charge in [-0.25, -0.2) is 4.79 Å². The summed E-state index contributed by atoms with van der Waals surface area (Å²) >= 11 is 0. The van der Waals surface area contributed by atoms with E-state index < -0.39 is 12.1 Å². The minimum Gasteiger partial charge on any atom is -0.479 e. The van der Waals surface area contributed by atoms with Crippen LogP contribution in [0.5, 0.6) is 0 Å². The van der Waals surface area contributed by atoms with Crippen molar-refractivity contribution in [3.63, 3.8) is 0 Å². The van der Waals surface area contributed by atoms with E-state index in [0.717, 1.165) is 25.7 Å². The predicted octanol–water partition coefficient (Wildman–Crippen LogP) is 0.505. The third kappa shape index (κ3) is 2.90. The van der Waals surface area contributed by atoms with Gasteiger partial charge in [0, 0.05) is 20.3 Å². The highest BCUT2D eigenvalue weighted by Gasteiger charge is 2.46. The average molecular weight is 271 g/mol. The van der Waals surface area contributed by atoms with E-state index in [1.54, 1.807) is 12.0 Å². The number of carboxylic acid groups (broad SMARTS) is 1. The van der Waals surface area contributed by atoms with E-state index in [0.29, 0.717) is 19.8 Å². The molecule has 19 heavy (non-hydrogen) atoms. The molecule has 0 spiro atoms. The molecular formula is C13H21NO5. The summed E-state index contributed by atoms with van der Waals surface area (Å²) in [5.74, 6) is -0.928. The van der Waals surface area contributed by atoms with Crippen LogP contribution in [0.3, 0.4) is 0 Å². The molecule has 108 valence electrons. The summed E-state index contributed by atoms with van der Waals surface area (Å²) in [5.41, 5.74) is -0.323. The maximum absolute atomic E-state index is 12.6. The second kappa shape index (κ2) is 5.88. The van der Waals surface area contributed by atoms with Gasteiger partial charge in [-0.15, -0.1) is 0 Å². The minimum absolute atomic E-state index is 0.0744. The van der Waals surface area contributed by atoms with Crippen LogP contribution in [0.25, 0.3) is 0 Å². The molecule has 0 bridgehead atoms. The van der Waals surface area contributed by atoms with Crippen molar-refractivity contribution in [2.45, 2.75) is 31.8 Å². The van der Waals surface area contributed by atoms with Crippen LogP contribution in [0.2, 0.25) is 0 Å². The Bertz CT molecular complexity index is 353. The molecule has 1 N–H and O–H groups in total. The first-order chi connectivity index (χ1) is 9.09. The largest absolute Gasteiger partial charge is 0.479 e. The number of amides is 1. The molecule has 1 heterocycles. The maximum atomic E-state index is 12.6. The molecule has 1 aliphatic carbocycles. The summed E-state index contributed by atoms with van der Waals surface area (Å²) in [7, 11) is 1.63. The van der Waals surface area contributed by atoms with Gasteiger partial charge in [-0.1, -0.05) is 6.42 Å². The molecule has 6 heteroatoms. The second-order valence-electron chi connectivity index (χ2n) is 5.33. The molecule has 1 atom stereocenters. The van der Waals surface area contributed by atoms with E-state index in [-0.39, 0.29) is 17.9 Å². The minimum atomic E-state index is -1.00. The van der Waals surface area contributed by atoms with Crippen LogP contribution in [-0.4, -0.2) is 61.4 Å². The normalized spacial score (nSPS) is 25.7. The van der Waals surface area contributed by atoms with Crippen LogP contribution in [0, 0.1) is 5.41 Å². The van der Waals surface area contributed by atoms with E-state index in [9.17, 15) is 9.59 Å². The summed E-state index contributed by atoms with van der Waals surface area (Å²) in [6.07, 6.45) is 2.64. The molecule has 1 saturated carbocycles. The molecule has 2 fully saturated rings. The second-order valence-corrected chi connectivity index (χ2v) is 5.33. The summed E-state index contributed by atoms with van der Waals surface area (Å²) < 4.78 is 10.2. The molecule has 6 nitrogen and oxygen atoms in total. The molecule has 1 saturated heterocycles. The molecule has 1 aliphatic heterocycles. The monoisotopic (exact) mass is 271 g/mol. The molecule has 1 amide bonds. The molecule has 2 aliphatic rings. The van der Waals surface area contributed by atoms with Crippen molar-refractivity contribution in [3.8, 4) is 0 Å². The lowest BCUT2D eigenvalue weighted by Gasteiger charge is -2.45. The highest BCUT2D eigenvalue weighted by Crippen LogP contribution is 2.45. The summed E-state index contributed by atoms with van der Waals surface area (Å²) in [4.78, 5) is 25.2. The number of hydrogen-bond donors (Lipinski definition) is 1. The first kappa shape index (κ1) is 14.3.